The highest BCUT2D eigenvalue weighted by Crippen LogP contribution is 2.18. The minimum atomic E-state index is -0.0144. The normalized spacial score (nSPS) is 15.6. The van der Waals surface area contributed by atoms with Gasteiger partial charge in [-0.2, -0.15) is 0 Å². The standard InChI is InChI=1S/C17H24N2O3/c20-12-4-9-18-17(22)15-7-10-19(11-8-15)16(21)13-14-5-2-1-3-6-14/h1-3,5-6,15,20H,4,7-13H2,(H,18,22). The number of aliphatic hydroxyl groups excluding tert-OH is 1. The lowest BCUT2D eigenvalue weighted by Crippen LogP contribution is -2.43. The van der Waals surface area contributed by atoms with E-state index in [9.17, 15) is 9.59 Å². The van der Waals surface area contributed by atoms with Gasteiger partial charge in [-0.1, -0.05) is 30.3 Å². The molecule has 1 aromatic carbocycles. The van der Waals surface area contributed by atoms with E-state index in [1.807, 2.05) is 35.2 Å². The molecule has 0 unspecified atom stereocenters. The van der Waals surface area contributed by atoms with Crippen molar-refractivity contribution in [2.24, 2.45) is 5.92 Å². The van der Waals surface area contributed by atoms with Crippen LogP contribution in [0.2, 0.25) is 0 Å². The summed E-state index contributed by atoms with van der Waals surface area (Å²) < 4.78 is 0. The Morgan fingerprint density at radius 3 is 2.50 bits per heavy atom. The van der Waals surface area contributed by atoms with Gasteiger partial charge in [-0.25, -0.2) is 0 Å². The van der Waals surface area contributed by atoms with Crippen LogP contribution in [0.1, 0.15) is 24.8 Å². The van der Waals surface area contributed by atoms with Gasteiger partial charge in [0.15, 0.2) is 0 Å². The Balaban J connectivity index is 1.74. The first kappa shape index (κ1) is 16.5. The Morgan fingerprint density at radius 2 is 1.86 bits per heavy atom. The molecule has 0 bridgehead atoms. The molecule has 120 valence electrons. The van der Waals surface area contributed by atoms with Crippen molar-refractivity contribution in [1.29, 1.82) is 0 Å². The Morgan fingerprint density at radius 1 is 1.18 bits per heavy atom. The molecule has 0 aromatic heterocycles. The molecule has 1 fully saturated rings. The van der Waals surface area contributed by atoms with Crippen LogP contribution >= 0.6 is 0 Å². The number of amides is 2. The lowest BCUT2D eigenvalue weighted by Gasteiger charge is -2.31. The van der Waals surface area contributed by atoms with Gasteiger partial charge >= 0.3 is 0 Å². The molecule has 22 heavy (non-hydrogen) atoms. The van der Waals surface area contributed by atoms with Crippen LogP contribution in [0.15, 0.2) is 30.3 Å². The Bertz CT molecular complexity index is 482. The van der Waals surface area contributed by atoms with Crippen molar-refractivity contribution in [3.05, 3.63) is 35.9 Å². The maximum Gasteiger partial charge on any atom is 0.226 e. The molecule has 1 aliphatic heterocycles. The molecule has 0 spiro atoms. The second-order valence-electron chi connectivity index (χ2n) is 5.69. The van der Waals surface area contributed by atoms with Crippen molar-refractivity contribution in [1.82, 2.24) is 10.2 Å². The summed E-state index contributed by atoms with van der Waals surface area (Å²) in [6, 6.07) is 9.73. The van der Waals surface area contributed by atoms with Crippen LogP contribution in [0.5, 0.6) is 0 Å². The van der Waals surface area contributed by atoms with Gasteiger partial charge in [0.25, 0.3) is 0 Å². The number of carbonyl (C=O) groups excluding carboxylic acids is 2. The summed E-state index contributed by atoms with van der Waals surface area (Å²) in [5.41, 5.74) is 1.02. The number of nitrogens with zero attached hydrogens (tertiary/aromatic N) is 1. The van der Waals surface area contributed by atoms with E-state index in [0.717, 1.165) is 5.56 Å². The Labute approximate surface area is 131 Å². The molecule has 1 aromatic rings. The zero-order valence-electron chi connectivity index (χ0n) is 12.8. The Kier molecular flexibility index (Phi) is 6.40. The number of nitrogens with one attached hydrogen (secondary N) is 1. The summed E-state index contributed by atoms with van der Waals surface area (Å²) in [4.78, 5) is 26.0. The van der Waals surface area contributed by atoms with Gasteiger partial charge in [0.05, 0.1) is 6.42 Å². The number of likely N-dealkylation sites (tertiary alicyclic amines) is 1. The van der Waals surface area contributed by atoms with Crippen LogP contribution in [0.3, 0.4) is 0 Å². The summed E-state index contributed by atoms with van der Waals surface area (Å²) in [6.45, 7) is 1.89. The smallest absolute Gasteiger partial charge is 0.226 e. The van der Waals surface area contributed by atoms with Gasteiger partial charge in [0.1, 0.15) is 0 Å². The second kappa shape index (κ2) is 8.54. The molecule has 1 aliphatic rings. The number of aliphatic hydroxyl groups is 1. The van der Waals surface area contributed by atoms with Crippen molar-refractivity contribution in [2.75, 3.05) is 26.2 Å². The molecule has 0 radical (unpaired) electrons. The van der Waals surface area contributed by atoms with Crippen LogP contribution in [0.25, 0.3) is 0 Å². The first-order chi connectivity index (χ1) is 10.7. The molecule has 2 amide bonds. The summed E-state index contributed by atoms with van der Waals surface area (Å²) in [6.07, 6.45) is 2.44. The van der Waals surface area contributed by atoms with E-state index in [1.165, 1.54) is 0 Å². The Hall–Kier alpha value is -1.88. The van der Waals surface area contributed by atoms with E-state index in [4.69, 9.17) is 5.11 Å². The van der Waals surface area contributed by atoms with Crippen molar-refractivity contribution >= 4 is 11.8 Å². The molecular formula is C17H24N2O3. The van der Waals surface area contributed by atoms with Crippen LogP contribution in [-0.2, 0) is 16.0 Å². The third kappa shape index (κ3) is 4.84. The van der Waals surface area contributed by atoms with Gasteiger partial charge in [-0.05, 0) is 24.8 Å². The molecule has 2 rings (SSSR count). The van der Waals surface area contributed by atoms with Gasteiger partial charge < -0.3 is 15.3 Å². The summed E-state index contributed by atoms with van der Waals surface area (Å²) in [5, 5.41) is 11.5. The maximum absolute atomic E-state index is 12.3. The van der Waals surface area contributed by atoms with Crippen molar-refractivity contribution in [3.63, 3.8) is 0 Å². The second-order valence-corrected chi connectivity index (χ2v) is 5.69. The molecule has 0 atom stereocenters. The van der Waals surface area contributed by atoms with Crippen molar-refractivity contribution in [2.45, 2.75) is 25.7 Å². The van der Waals surface area contributed by atoms with E-state index in [0.29, 0.717) is 45.3 Å². The van der Waals surface area contributed by atoms with Crippen LogP contribution in [0.4, 0.5) is 0 Å². The van der Waals surface area contributed by atoms with E-state index in [-0.39, 0.29) is 24.3 Å². The summed E-state index contributed by atoms with van der Waals surface area (Å²) in [5.74, 6) is 0.161. The van der Waals surface area contributed by atoms with Gasteiger partial charge in [0.2, 0.25) is 11.8 Å². The zero-order chi connectivity index (χ0) is 15.8. The lowest BCUT2D eigenvalue weighted by molar-refractivity contribution is -0.135. The SMILES string of the molecule is O=C(NCCCO)C1CCN(C(=O)Cc2ccccc2)CC1. The van der Waals surface area contributed by atoms with Gasteiger partial charge in [-0.15, -0.1) is 0 Å². The third-order valence-corrected chi connectivity index (χ3v) is 4.05. The minimum absolute atomic E-state index is 0.0144. The largest absolute Gasteiger partial charge is 0.396 e. The topological polar surface area (TPSA) is 69.6 Å². The predicted molar refractivity (Wildman–Crippen MR) is 84.2 cm³/mol. The molecule has 0 saturated carbocycles. The third-order valence-electron chi connectivity index (χ3n) is 4.05. The average Bonchev–Trinajstić information content (AvgIpc) is 2.56. The number of benzene rings is 1. The first-order valence-electron chi connectivity index (χ1n) is 7.91. The number of rotatable bonds is 6. The fraction of sp³-hybridized carbons (Fsp3) is 0.529. The molecule has 1 saturated heterocycles. The van der Waals surface area contributed by atoms with Crippen molar-refractivity contribution in [3.8, 4) is 0 Å². The van der Waals surface area contributed by atoms with E-state index in [2.05, 4.69) is 5.32 Å². The van der Waals surface area contributed by atoms with Crippen LogP contribution < -0.4 is 5.32 Å². The fourth-order valence-corrected chi connectivity index (χ4v) is 2.71. The predicted octanol–water partition coefficient (Wildman–Crippen LogP) is 0.966. The fourth-order valence-electron chi connectivity index (χ4n) is 2.71. The first-order valence-corrected chi connectivity index (χ1v) is 7.91. The van der Waals surface area contributed by atoms with E-state index >= 15 is 0 Å². The van der Waals surface area contributed by atoms with Crippen molar-refractivity contribution < 1.29 is 14.7 Å². The zero-order valence-corrected chi connectivity index (χ0v) is 12.8. The summed E-state index contributed by atoms with van der Waals surface area (Å²) >= 11 is 0. The molecule has 5 nitrogen and oxygen atoms in total. The van der Waals surface area contributed by atoms with Crippen LogP contribution in [0, 0.1) is 5.92 Å². The molecule has 5 heteroatoms. The number of piperidine rings is 1. The lowest BCUT2D eigenvalue weighted by atomic mass is 9.95. The molecule has 2 N–H and O–H groups in total. The van der Waals surface area contributed by atoms with E-state index in [1.54, 1.807) is 0 Å². The quantitative estimate of drug-likeness (QED) is 0.769. The summed E-state index contributed by atoms with van der Waals surface area (Å²) in [7, 11) is 0. The van der Waals surface area contributed by atoms with Gasteiger partial charge in [-0.3, -0.25) is 9.59 Å². The molecular weight excluding hydrogens is 280 g/mol. The van der Waals surface area contributed by atoms with Gasteiger partial charge in [0, 0.05) is 32.2 Å². The number of hydrogen-bond donors (Lipinski definition) is 2. The highest BCUT2D eigenvalue weighted by atomic mass is 16.3. The maximum atomic E-state index is 12.3. The highest BCUT2D eigenvalue weighted by molar-refractivity contribution is 5.81. The molecule has 1 heterocycles. The number of carbonyl (C=O) groups is 2. The monoisotopic (exact) mass is 304 g/mol. The minimum Gasteiger partial charge on any atom is -0.396 e. The molecule has 0 aliphatic carbocycles. The van der Waals surface area contributed by atoms with E-state index < -0.39 is 0 Å². The average molecular weight is 304 g/mol. The number of hydrogen-bond acceptors (Lipinski definition) is 3. The van der Waals surface area contributed by atoms with Crippen LogP contribution in [-0.4, -0.2) is 48.1 Å². The highest BCUT2D eigenvalue weighted by Gasteiger charge is 2.26.